The minimum Gasteiger partial charge on any atom is -0.271 e. The molecule has 0 bridgehead atoms. The minimum absolute atomic E-state index is 0.158. The van der Waals surface area contributed by atoms with Crippen molar-refractivity contribution < 1.29 is 0 Å². The molecule has 0 aromatic heterocycles. The molecule has 0 saturated carbocycles. The van der Waals surface area contributed by atoms with Gasteiger partial charge in [0.25, 0.3) is 0 Å². The van der Waals surface area contributed by atoms with Crippen LogP contribution in [0.2, 0.25) is 0 Å². The second kappa shape index (κ2) is 5.43. The Morgan fingerprint density at radius 3 is 2.93 bits per heavy atom. The van der Waals surface area contributed by atoms with Crippen LogP contribution < -0.4 is 11.3 Å². The third kappa shape index (κ3) is 2.88. The van der Waals surface area contributed by atoms with Gasteiger partial charge in [0.1, 0.15) is 0 Å². The molecule has 1 rings (SSSR count). The van der Waals surface area contributed by atoms with E-state index < -0.39 is 0 Å². The first-order valence-corrected chi connectivity index (χ1v) is 4.74. The Hall–Kier alpha value is -1.30. The highest BCUT2D eigenvalue weighted by Gasteiger charge is 2.07. The maximum absolute atomic E-state index is 5.48. The number of nitrogens with two attached hydrogens (primary N) is 1. The molecule has 0 aliphatic rings. The maximum Gasteiger partial charge on any atom is 0.0469 e. The number of hydrogen-bond donors (Lipinski definition) is 2. The molecular formula is C12H16N2. The second-order valence-electron chi connectivity index (χ2n) is 3.38. The summed E-state index contributed by atoms with van der Waals surface area (Å²) in [7, 11) is 0. The highest BCUT2D eigenvalue weighted by molar-refractivity contribution is 5.25. The van der Waals surface area contributed by atoms with Gasteiger partial charge in [0.15, 0.2) is 0 Å². The molecule has 0 aliphatic carbocycles. The highest BCUT2D eigenvalue weighted by atomic mass is 15.2. The van der Waals surface area contributed by atoms with Gasteiger partial charge < -0.3 is 0 Å². The van der Waals surface area contributed by atoms with Crippen molar-refractivity contribution >= 4 is 0 Å². The van der Waals surface area contributed by atoms with Crippen molar-refractivity contribution in [3.8, 4) is 12.3 Å². The third-order valence-corrected chi connectivity index (χ3v) is 2.22. The van der Waals surface area contributed by atoms with Crippen LogP contribution in [0.4, 0.5) is 0 Å². The van der Waals surface area contributed by atoms with Crippen molar-refractivity contribution in [3.63, 3.8) is 0 Å². The SMILES string of the molecule is C#CCCC(NN)c1cccc(C)c1. The van der Waals surface area contributed by atoms with Crippen LogP contribution in [-0.4, -0.2) is 0 Å². The highest BCUT2D eigenvalue weighted by Crippen LogP contribution is 2.18. The van der Waals surface area contributed by atoms with Crippen LogP contribution in [-0.2, 0) is 0 Å². The summed E-state index contributed by atoms with van der Waals surface area (Å²) in [6, 6.07) is 8.45. The first-order valence-electron chi connectivity index (χ1n) is 4.74. The van der Waals surface area contributed by atoms with Crippen molar-refractivity contribution in [3.05, 3.63) is 35.4 Å². The fourth-order valence-electron chi connectivity index (χ4n) is 1.46. The first kappa shape index (κ1) is 10.8. The van der Waals surface area contributed by atoms with E-state index in [9.17, 15) is 0 Å². The van der Waals surface area contributed by atoms with Gasteiger partial charge in [-0.15, -0.1) is 12.3 Å². The summed E-state index contributed by atoms with van der Waals surface area (Å²) in [5.41, 5.74) is 5.22. The molecule has 1 unspecified atom stereocenters. The molecule has 0 saturated heterocycles. The number of hydrazine groups is 1. The van der Waals surface area contributed by atoms with E-state index in [1.54, 1.807) is 0 Å². The average molecular weight is 188 g/mol. The standard InChI is InChI=1S/C12H16N2/c1-3-4-8-12(14-13)11-7-5-6-10(2)9-11/h1,5-7,9,12,14H,4,8,13H2,2H3. The Labute approximate surface area is 85.5 Å². The van der Waals surface area contributed by atoms with E-state index in [0.717, 1.165) is 12.8 Å². The van der Waals surface area contributed by atoms with Gasteiger partial charge in [-0.2, -0.15) is 0 Å². The molecule has 1 aromatic carbocycles. The smallest absolute Gasteiger partial charge is 0.0469 e. The number of terminal acetylenes is 1. The maximum atomic E-state index is 5.48. The molecule has 2 heteroatoms. The molecule has 3 N–H and O–H groups in total. The normalized spacial score (nSPS) is 12.1. The van der Waals surface area contributed by atoms with Crippen molar-refractivity contribution in [2.45, 2.75) is 25.8 Å². The number of benzene rings is 1. The Morgan fingerprint density at radius 2 is 2.36 bits per heavy atom. The molecule has 1 aromatic rings. The lowest BCUT2D eigenvalue weighted by atomic mass is 10.0. The third-order valence-electron chi connectivity index (χ3n) is 2.22. The van der Waals surface area contributed by atoms with Crippen molar-refractivity contribution in [2.75, 3.05) is 0 Å². The van der Waals surface area contributed by atoms with Crippen LogP contribution in [0.15, 0.2) is 24.3 Å². The average Bonchev–Trinajstić information content (AvgIpc) is 2.19. The molecule has 14 heavy (non-hydrogen) atoms. The second-order valence-corrected chi connectivity index (χ2v) is 3.38. The quantitative estimate of drug-likeness (QED) is 0.430. The number of aryl methyl sites for hydroxylation is 1. The van der Waals surface area contributed by atoms with Crippen LogP contribution in [0.3, 0.4) is 0 Å². The molecular weight excluding hydrogens is 172 g/mol. The van der Waals surface area contributed by atoms with E-state index in [1.165, 1.54) is 11.1 Å². The lowest BCUT2D eigenvalue weighted by molar-refractivity contribution is 0.523. The fraction of sp³-hybridized carbons (Fsp3) is 0.333. The molecule has 1 atom stereocenters. The zero-order chi connectivity index (χ0) is 10.4. The fourth-order valence-corrected chi connectivity index (χ4v) is 1.46. The molecule has 0 aliphatic heterocycles. The van der Waals surface area contributed by atoms with E-state index >= 15 is 0 Å². The lowest BCUT2D eigenvalue weighted by Gasteiger charge is -2.15. The molecule has 74 valence electrons. The van der Waals surface area contributed by atoms with Crippen molar-refractivity contribution in [1.82, 2.24) is 5.43 Å². The summed E-state index contributed by atoms with van der Waals surface area (Å²) in [6.07, 6.45) is 6.83. The summed E-state index contributed by atoms with van der Waals surface area (Å²) >= 11 is 0. The summed E-state index contributed by atoms with van der Waals surface area (Å²) in [5.74, 6) is 8.10. The van der Waals surface area contributed by atoms with E-state index in [-0.39, 0.29) is 6.04 Å². The van der Waals surface area contributed by atoms with Crippen LogP contribution in [0.1, 0.15) is 30.0 Å². The first-order chi connectivity index (χ1) is 6.77. The van der Waals surface area contributed by atoms with Gasteiger partial charge >= 0.3 is 0 Å². The zero-order valence-corrected chi connectivity index (χ0v) is 8.46. The Morgan fingerprint density at radius 1 is 1.57 bits per heavy atom. The number of hydrogen-bond acceptors (Lipinski definition) is 2. The van der Waals surface area contributed by atoms with Gasteiger partial charge in [0.05, 0.1) is 0 Å². The molecule has 2 nitrogen and oxygen atoms in total. The summed E-state index contributed by atoms with van der Waals surface area (Å²) in [4.78, 5) is 0. The number of rotatable bonds is 4. The van der Waals surface area contributed by atoms with E-state index in [2.05, 4.69) is 36.5 Å². The van der Waals surface area contributed by atoms with Crippen molar-refractivity contribution in [2.24, 2.45) is 5.84 Å². The Balaban J connectivity index is 2.74. The van der Waals surface area contributed by atoms with E-state index in [1.807, 2.05) is 6.07 Å². The Kier molecular flexibility index (Phi) is 4.18. The minimum atomic E-state index is 0.158. The lowest BCUT2D eigenvalue weighted by Crippen LogP contribution is -2.27. The van der Waals surface area contributed by atoms with E-state index in [0.29, 0.717) is 0 Å². The van der Waals surface area contributed by atoms with E-state index in [4.69, 9.17) is 12.3 Å². The van der Waals surface area contributed by atoms with Crippen LogP contribution in [0, 0.1) is 19.3 Å². The Bertz CT molecular complexity index is 325. The molecule has 0 fully saturated rings. The predicted molar refractivity (Wildman–Crippen MR) is 59.3 cm³/mol. The van der Waals surface area contributed by atoms with Gasteiger partial charge in [0.2, 0.25) is 0 Å². The summed E-state index contributed by atoms with van der Waals surface area (Å²) < 4.78 is 0. The van der Waals surface area contributed by atoms with Crippen LogP contribution >= 0.6 is 0 Å². The van der Waals surface area contributed by atoms with Gasteiger partial charge in [-0.1, -0.05) is 29.8 Å². The van der Waals surface area contributed by atoms with Gasteiger partial charge in [-0.3, -0.25) is 11.3 Å². The molecule has 0 spiro atoms. The predicted octanol–water partition coefficient (Wildman–Crippen LogP) is 1.91. The molecule has 0 heterocycles. The zero-order valence-electron chi connectivity index (χ0n) is 8.46. The van der Waals surface area contributed by atoms with Gasteiger partial charge in [-0.25, -0.2) is 0 Å². The van der Waals surface area contributed by atoms with Gasteiger partial charge in [-0.05, 0) is 18.9 Å². The summed E-state index contributed by atoms with van der Waals surface area (Å²) in [5, 5.41) is 0. The van der Waals surface area contributed by atoms with Gasteiger partial charge in [0, 0.05) is 12.5 Å². The largest absolute Gasteiger partial charge is 0.271 e. The topological polar surface area (TPSA) is 38.0 Å². The summed E-state index contributed by atoms with van der Waals surface area (Å²) in [6.45, 7) is 2.07. The van der Waals surface area contributed by atoms with Crippen LogP contribution in [0.5, 0.6) is 0 Å². The monoisotopic (exact) mass is 188 g/mol. The number of nitrogens with one attached hydrogen (secondary N) is 1. The molecule has 0 radical (unpaired) electrons. The molecule has 0 amide bonds. The van der Waals surface area contributed by atoms with Crippen molar-refractivity contribution in [1.29, 1.82) is 0 Å². The van der Waals surface area contributed by atoms with Crippen LogP contribution in [0.25, 0.3) is 0 Å².